The second-order valence-corrected chi connectivity index (χ2v) is 5.41. The molecular weight excluding hydrogens is 216 g/mol. The van der Waals surface area contributed by atoms with Gasteiger partial charge in [0, 0.05) is 25.7 Å². The first-order chi connectivity index (χ1) is 8.31. The quantitative estimate of drug-likeness (QED) is 0.686. The largest absolute Gasteiger partial charge is 0.395 e. The molecule has 0 amide bonds. The summed E-state index contributed by atoms with van der Waals surface area (Å²) in [5.41, 5.74) is 0. The number of rotatable bonds is 7. The second-order valence-electron chi connectivity index (χ2n) is 5.41. The number of methoxy groups -OCH3 is 1. The van der Waals surface area contributed by atoms with Crippen molar-refractivity contribution in [1.82, 2.24) is 10.2 Å². The number of nitrogens with one attached hydrogen (secondary N) is 1. The molecule has 17 heavy (non-hydrogen) atoms. The van der Waals surface area contributed by atoms with Gasteiger partial charge in [-0.05, 0) is 45.2 Å². The van der Waals surface area contributed by atoms with Crippen molar-refractivity contribution in [3.8, 4) is 0 Å². The Morgan fingerprint density at radius 1 is 1.41 bits per heavy atom. The number of likely N-dealkylation sites (tertiary alicyclic amines) is 1. The van der Waals surface area contributed by atoms with Crippen LogP contribution in [0.1, 0.15) is 32.1 Å². The SMILES string of the molecule is COC1CCCN(CCC(CO)NC2CC2)C1. The molecule has 100 valence electrons. The summed E-state index contributed by atoms with van der Waals surface area (Å²) in [7, 11) is 1.80. The summed E-state index contributed by atoms with van der Waals surface area (Å²) in [6.07, 6.45) is 6.45. The van der Waals surface area contributed by atoms with Crippen LogP contribution in [0.25, 0.3) is 0 Å². The van der Waals surface area contributed by atoms with Gasteiger partial charge in [0.05, 0.1) is 12.7 Å². The molecule has 1 saturated heterocycles. The van der Waals surface area contributed by atoms with Crippen LogP contribution in [0.3, 0.4) is 0 Å². The highest BCUT2D eigenvalue weighted by molar-refractivity contribution is 4.85. The van der Waals surface area contributed by atoms with E-state index in [1.165, 1.54) is 32.2 Å². The zero-order valence-electron chi connectivity index (χ0n) is 10.9. The van der Waals surface area contributed by atoms with E-state index in [-0.39, 0.29) is 12.6 Å². The zero-order chi connectivity index (χ0) is 12.1. The van der Waals surface area contributed by atoms with E-state index in [4.69, 9.17) is 4.74 Å². The topological polar surface area (TPSA) is 44.7 Å². The summed E-state index contributed by atoms with van der Waals surface area (Å²) < 4.78 is 5.42. The molecule has 2 N–H and O–H groups in total. The van der Waals surface area contributed by atoms with E-state index in [1.807, 2.05) is 0 Å². The lowest BCUT2D eigenvalue weighted by atomic mass is 10.1. The van der Waals surface area contributed by atoms with Crippen LogP contribution < -0.4 is 5.32 Å². The van der Waals surface area contributed by atoms with Crippen molar-refractivity contribution < 1.29 is 9.84 Å². The Kier molecular flexibility index (Phi) is 5.22. The Hall–Kier alpha value is -0.160. The van der Waals surface area contributed by atoms with E-state index in [2.05, 4.69) is 10.2 Å². The third-order valence-electron chi connectivity index (χ3n) is 3.86. The summed E-state index contributed by atoms with van der Waals surface area (Å²) in [6.45, 7) is 3.57. The average Bonchev–Trinajstić information content (AvgIpc) is 3.18. The zero-order valence-corrected chi connectivity index (χ0v) is 10.9. The van der Waals surface area contributed by atoms with Gasteiger partial charge in [-0.2, -0.15) is 0 Å². The minimum atomic E-state index is 0.262. The maximum Gasteiger partial charge on any atom is 0.0698 e. The monoisotopic (exact) mass is 242 g/mol. The van der Waals surface area contributed by atoms with Crippen molar-refractivity contribution in [1.29, 1.82) is 0 Å². The minimum Gasteiger partial charge on any atom is -0.395 e. The maximum atomic E-state index is 9.32. The molecule has 4 heteroatoms. The molecule has 2 unspecified atom stereocenters. The van der Waals surface area contributed by atoms with E-state index in [9.17, 15) is 5.11 Å². The van der Waals surface area contributed by atoms with Crippen LogP contribution in [-0.4, -0.2) is 61.5 Å². The van der Waals surface area contributed by atoms with Gasteiger partial charge < -0.3 is 20.1 Å². The van der Waals surface area contributed by atoms with Gasteiger partial charge in [0.1, 0.15) is 0 Å². The molecule has 2 rings (SSSR count). The highest BCUT2D eigenvalue weighted by Crippen LogP contribution is 2.20. The van der Waals surface area contributed by atoms with E-state index in [0.29, 0.717) is 12.1 Å². The molecule has 2 aliphatic rings. The first kappa shape index (κ1) is 13.3. The molecule has 0 aromatic carbocycles. The molecule has 2 atom stereocenters. The fourth-order valence-electron chi connectivity index (χ4n) is 2.56. The minimum absolute atomic E-state index is 0.262. The number of hydrogen-bond acceptors (Lipinski definition) is 4. The molecule has 0 aromatic heterocycles. The number of nitrogens with zero attached hydrogens (tertiary/aromatic N) is 1. The number of aliphatic hydroxyl groups excluding tert-OH is 1. The Balaban J connectivity index is 1.64. The molecule has 1 saturated carbocycles. The van der Waals surface area contributed by atoms with Crippen molar-refractivity contribution in [3.63, 3.8) is 0 Å². The fraction of sp³-hybridized carbons (Fsp3) is 1.00. The standard InChI is InChI=1S/C13H26N2O2/c1-17-13-3-2-7-15(9-13)8-6-12(10-16)14-11-4-5-11/h11-14,16H,2-10H2,1H3. The van der Waals surface area contributed by atoms with Crippen molar-refractivity contribution in [2.75, 3.05) is 33.4 Å². The molecular formula is C13H26N2O2. The lowest BCUT2D eigenvalue weighted by Crippen LogP contribution is -2.43. The van der Waals surface area contributed by atoms with Crippen LogP contribution in [0.5, 0.6) is 0 Å². The highest BCUT2D eigenvalue weighted by atomic mass is 16.5. The number of ether oxygens (including phenoxy) is 1. The van der Waals surface area contributed by atoms with Gasteiger partial charge in [-0.1, -0.05) is 0 Å². The van der Waals surface area contributed by atoms with Crippen LogP contribution in [0.4, 0.5) is 0 Å². The summed E-state index contributed by atoms with van der Waals surface area (Å²) in [6, 6.07) is 0.964. The second kappa shape index (κ2) is 6.69. The third kappa shape index (κ3) is 4.54. The molecule has 2 fully saturated rings. The molecule has 1 aliphatic heterocycles. The molecule has 0 spiro atoms. The Bertz CT molecular complexity index is 221. The van der Waals surface area contributed by atoms with Crippen LogP contribution in [0.15, 0.2) is 0 Å². The Morgan fingerprint density at radius 3 is 2.88 bits per heavy atom. The molecule has 4 nitrogen and oxygen atoms in total. The predicted molar refractivity (Wildman–Crippen MR) is 68.1 cm³/mol. The lowest BCUT2D eigenvalue weighted by Gasteiger charge is -2.32. The van der Waals surface area contributed by atoms with E-state index in [0.717, 1.165) is 19.5 Å². The van der Waals surface area contributed by atoms with Crippen LogP contribution in [0, 0.1) is 0 Å². The first-order valence-electron chi connectivity index (χ1n) is 6.94. The Morgan fingerprint density at radius 2 is 2.24 bits per heavy atom. The highest BCUT2D eigenvalue weighted by Gasteiger charge is 2.25. The Labute approximate surface area is 104 Å². The van der Waals surface area contributed by atoms with Gasteiger partial charge in [0.2, 0.25) is 0 Å². The lowest BCUT2D eigenvalue weighted by molar-refractivity contribution is 0.0294. The number of aliphatic hydroxyl groups is 1. The van der Waals surface area contributed by atoms with Crippen molar-refractivity contribution in [2.24, 2.45) is 0 Å². The smallest absolute Gasteiger partial charge is 0.0698 e. The predicted octanol–water partition coefficient (Wildman–Crippen LogP) is 0.600. The van der Waals surface area contributed by atoms with E-state index >= 15 is 0 Å². The normalized spacial score (nSPS) is 28.2. The summed E-state index contributed by atoms with van der Waals surface area (Å²) in [5, 5.41) is 12.8. The number of hydrogen-bond donors (Lipinski definition) is 2. The molecule has 1 heterocycles. The van der Waals surface area contributed by atoms with Crippen molar-refractivity contribution in [2.45, 2.75) is 50.3 Å². The van der Waals surface area contributed by atoms with Gasteiger partial charge in [-0.25, -0.2) is 0 Å². The molecule has 0 bridgehead atoms. The fourth-order valence-corrected chi connectivity index (χ4v) is 2.56. The third-order valence-corrected chi connectivity index (χ3v) is 3.86. The van der Waals surface area contributed by atoms with Gasteiger partial charge in [0.15, 0.2) is 0 Å². The van der Waals surface area contributed by atoms with Gasteiger partial charge in [0.25, 0.3) is 0 Å². The summed E-state index contributed by atoms with van der Waals surface area (Å²) in [4.78, 5) is 2.47. The maximum absolute atomic E-state index is 9.32. The first-order valence-corrected chi connectivity index (χ1v) is 6.94. The average molecular weight is 242 g/mol. The van der Waals surface area contributed by atoms with Gasteiger partial charge in [-0.15, -0.1) is 0 Å². The molecule has 1 aliphatic carbocycles. The van der Waals surface area contributed by atoms with Gasteiger partial charge >= 0.3 is 0 Å². The van der Waals surface area contributed by atoms with Crippen LogP contribution in [0.2, 0.25) is 0 Å². The summed E-state index contributed by atoms with van der Waals surface area (Å²) in [5.74, 6) is 0. The van der Waals surface area contributed by atoms with Crippen molar-refractivity contribution >= 4 is 0 Å². The van der Waals surface area contributed by atoms with Crippen LogP contribution >= 0.6 is 0 Å². The summed E-state index contributed by atoms with van der Waals surface area (Å²) >= 11 is 0. The van der Waals surface area contributed by atoms with E-state index < -0.39 is 0 Å². The van der Waals surface area contributed by atoms with Crippen molar-refractivity contribution in [3.05, 3.63) is 0 Å². The molecule has 0 radical (unpaired) electrons. The van der Waals surface area contributed by atoms with Crippen LogP contribution in [-0.2, 0) is 4.74 Å². The number of piperidine rings is 1. The van der Waals surface area contributed by atoms with E-state index in [1.54, 1.807) is 7.11 Å². The van der Waals surface area contributed by atoms with Gasteiger partial charge in [-0.3, -0.25) is 0 Å². The molecule has 0 aromatic rings.